The normalized spacial score (nSPS) is 22.6. The summed E-state index contributed by atoms with van der Waals surface area (Å²) < 4.78 is 0. The summed E-state index contributed by atoms with van der Waals surface area (Å²) in [6, 6.07) is 11.5. The number of hydrogen-bond donors (Lipinski definition) is 1. The Labute approximate surface area is 130 Å². The molecule has 1 fully saturated rings. The van der Waals surface area contributed by atoms with Crippen LogP contribution in [0.2, 0.25) is 0 Å². The molecular formula is C19H32N2. The summed E-state index contributed by atoms with van der Waals surface area (Å²) in [5.41, 5.74) is 1.74. The zero-order valence-corrected chi connectivity index (χ0v) is 14.2. The van der Waals surface area contributed by atoms with Gasteiger partial charge >= 0.3 is 0 Å². The minimum atomic E-state index is 0.282. The maximum absolute atomic E-state index is 3.74. The first-order valence-corrected chi connectivity index (χ1v) is 8.50. The highest BCUT2D eigenvalue weighted by atomic mass is 15.3. The number of piperazine rings is 1. The van der Waals surface area contributed by atoms with E-state index in [0.29, 0.717) is 6.04 Å². The summed E-state index contributed by atoms with van der Waals surface area (Å²) in [5.74, 6) is 0.773. The first-order valence-electron chi connectivity index (χ1n) is 8.50. The van der Waals surface area contributed by atoms with Gasteiger partial charge in [0.1, 0.15) is 0 Å². The molecule has 0 aliphatic carbocycles. The number of nitrogens with zero attached hydrogens (tertiary/aromatic N) is 1. The molecule has 1 aromatic carbocycles. The van der Waals surface area contributed by atoms with E-state index in [1.807, 2.05) is 0 Å². The number of benzene rings is 1. The molecule has 1 aliphatic heterocycles. The lowest BCUT2D eigenvalue weighted by Crippen LogP contribution is -2.62. The Morgan fingerprint density at radius 2 is 1.95 bits per heavy atom. The summed E-state index contributed by atoms with van der Waals surface area (Å²) in [6.45, 7) is 12.9. The fourth-order valence-corrected chi connectivity index (χ4v) is 3.32. The number of hydrogen-bond acceptors (Lipinski definition) is 2. The molecule has 0 amide bonds. The first kappa shape index (κ1) is 16.5. The lowest BCUT2D eigenvalue weighted by molar-refractivity contribution is 0.0599. The van der Waals surface area contributed by atoms with E-state index >= 15 is 0 Å². The number of rotatable bonds is 6. The van der Waals surface area contributed by atoms with Gasteiger partial charge in [-0.2, -0.15) is 0 Å². The van der Waals surface area contributed by atoms with Gasteiger partial charge in [0.15, 0.2) is 0 Å². The summed E-state index contributed by atoms with van der Waals surface area (Å²) in [7, 11) is 0. The van der Waals surface area contributed by atoms with Gasteiger partial charge in [-0.3, -0.25) is 4.90 Å². The van der Waals surface area contributed by atoms with Crippen LogP contribution in [0.5, 0.6) is 0 Å². The van der Waals surface area contributed by atoms with Crippen molar-refractivity contribution in [2.75, 3.05) is 19.6 Å². The molecule has 1 heterocycles. The van der Waals surface area contributed by atoms with Gasteiger partial charge in [0.25, 0.3) is 0 Å². The molecule has 1 aromatic rings. The van der Waals surface area contributed by atoms with Crippen LogP contribution in [-0.2, 0) is 6.42 Å². The summed E-state index contributed by atoms with van der Waals surface area (Å²) in [5, 5.41) is 3.74. The van der Waals surface area contributed by atoms with Crippen molar-refractivity contribution in [3.05, 3.63) is 35.9 Å². The van der Waals surface area contributed by atoms with Crippen LogP contribution in [0.15, 0.2) is 30.3 Å². The molecule has 1 saturated heterocycles. The zero-order chi connectivity index (χ0) is 15.3. The Morgan fingerprint density at radius 1 is 1.24 bits per heavy atom. The zero-order valence-electron chi connectivity index (χ0n) is 14.2. The third-order valence-corrected chi connectivity index (χ3v) is 4.61. The maximum atomic E-state index is 3.74. The van der Waals surface area contributed by atoms with Crippen molar-refractivity contribution in [2.24, 2.45) is 5.92 Å². The van der Waals surface area contributed by atoms with Crippen LogP contribution in [0.3, 0.4) is 0 Å². The Balaban J connectivity index is 1.83. The molecule has 1 atom stereocenters. The van der Waals surface area contributed by atoms with Crippen molar-refractivity contribution >= 4 is 0 Å². The molecule has 0 bridgehead atoms. The molecular weight excluding hydrogens is 256 g/mol. The highest BCUT2D eigenvalue weighted by molar-refractivity contribution is 5.14. The Hall–Kier alpha value is -0.860. The molecule has 0 aromatic heterocycles. The van der Waals surface area contributed by atoms with Crippen molar-refractivity contribution in [2.45, 2.75) is 58.5 Å². The van der Waals surface area contributed by atoms with Gasteiger partial charge in [-0.15, -0.1) is 0 Å². The minimum absolute atomic E-state index is 0.282. The van der Waals surface area contributed by atoms with Gasteiger partial charge in [0.2, 0.25) is 0 Å². The van der Waals surface area contributed by atoms with Crippen LogP contribution in [0, 0.1) is 5.92 Å². The summed E-state index contributed by atoms with van der Waals surface area (Å²) in [4.78, 5) is 2.69. The predicted octanol–water partition coefficient (Wildman–Crippen LogP) is 3.72. The van der Waals surface area contributed by atoms with Crippen molar-refractivity contribution in [3.8, 4) is 0 Å². The van der Waals surface area contributed by atoms with Crippen LogP contribution < -0.4 is 5.32 Å². The smallest absolute Gasteiger partial charge is 0.0278 e. The topological polar surface area (TPSA) is 15.3 Å². The van der Waals surface area contributed by atoms with Gasteiger partial charge in [-0.1, -0.05) is 44.2 Å². The maximum Gasteiger partial charge on any atom is 0.0278 e. The van der Waals surface area contributed by atoms with E-state index in [2.05, 4.69) is 68.2 Å². The highest BCUT2D eigenvalue weighted by Crippen LogP contribution is 2.21. The van der Waals surface area contributed by atoms with Gasteiger partial charge in [-0.05, 0) is 51.1 Å². The molecule has 118 valence electrons. The molecule has 21 heavy (non-hydrogen) atoms. The van der Waals surface area contributed by atoms with Crippen LogP contribution in [0.25, 0.3) is 0 Å². The average Bonchev–Trinajstić information content (AvgIpc) is 2.43. The van der Waals surface area contributed by atoms with Gasteiger partial charge < -0.3 is 5.32 Å². The van der Waals surface area contributed by atoms with E-state index in [4.69, 9.17) is 0 Å². The van der Waals surface area contributed by atoms with Crippen LogP contribution >= 0.6 is 0 Å². The average molecular weight is 288 g/mol. The first-order chi connectivity index (χ1) is 9.97. The fraction of sp³-hybridized carbons (Fsp3) is 0.684. The molecule has 2 rings (SSSR count). The van der Waals surface area contributed by atoms with E-state index < -0.39 is 0 Å². The predicted molar refractivity (Wildman–Crippen MR) is 91.7 cm³/mol. The van der Waals surface area contributed by atoms with Crippen molar-refractivity contribution in [1.82, 2.24) is 10.2 Å². The Morgan fingerprint density at radius 3 is 2.62 bits per heavy atom. The second-order valence-electron chi connectivity index (χ2n) is 7.55. The van der Waals surface area contributed by atoms with Gasteiger partial charge in [-0.25, -0.2) is 0 Å². The SMILES string of the molecule is CC(C)CC1CN(CCCc2ccccc2)C(C)(C)CN1. The largest absolute Gasteiger partial charge is 0.311 e. The van der Waals surface area contributed by atoms with E-state index in [1.54, 1.807) is 0 Å². The molecule has 1 aliphatic rings. The Bertz CT molecular complexity index is 411. The second kappa shape index (κ2) is 7.42. The van der Waals surface area contributed by atoms with Crippen LogP contribution in [0.4, 0.5) is 0 Å². The third-order valence-electron chi connectivity index (χ3n) is 4.61. The fourth-order valence-electron chi connectivity index (χ4n) is 3.32. The quantitative estimate of drug-likeness (QED) is 0.858. The summed E-state index contributed by atoms with van der Waals surface area (Å²) in [6.07, 6.45) is 3.73. The van der Waals surface area contributed by atoms with Gasteiger partial charge in [0.05, 0.1) is 0 Å². The van der Waals surface area contributed by atoms with E-state index in [1.165, 1.54) is 37.9 Å². The van der Waals surface area contributed by atoms with Crippen LogP contribution in [-0.4, -0.2) is 36.1 Å². The Kier molecular flexibility index (Phi) is 5.83. The summed E-state index contributed by atoms with van der Waals surface area (Å²) >= 11 is 0. The molecule has 1 unspecified atom stereocenters. The van der Waals surface area contributed by atoms with Crippen molar-refractivity contribution in [1.29, 1.82) is 0 Å². The lowest BCUT2D eigenvalue weighted by Gasteiger charge is -2.46. The second-order valence-corrected chi connectivity index (χ2v) is 7.55. The number of aryl methyl sites for hydroxylation is 1. The number of nitrogens with one attached hydrogen (secondary N) is 1. The third kappa shape index (κ3) is 5.12. The van der Waals surface area contributed by atoms with E-state index in [0.717, 1.165) is 12.5 Å². The van der Waals surface area contributed by atoms with Crippen molar-refractivity contribution in [3.63, 3.8) is 0 Å². The molecule has 0 saturated carbocycles. The molecule has 1 N–H and O–H groups in total. The monoisotopic (exact) mass is 288 g/mol. The van der Waals surface area contributed by atoms with Crippen molar-refractivity contribution < 1.29 is 0 Å². The van der Waals surface area contributed by atoms with E-state index in [9.17, 15) is 0 Å². The highest BCUT2D eigenvalue weighted by Gasteiger charge is 2.33. The molecule has 0 radical (unpaired) electrons. The van der Waals surface area contributed by atoms with E-state index in [-0.39, 0.29) is 5.54 Å². The van der Waals surface area contributed by atoms with Gasteiger partial charge in [0, 0.05) is 24.7 Å². The molecule has 2 heteroatoms. The minimum Gasteiger partial charge on any atom is -0.311 e. The molecule has 2 nitrogen and oxygen atoms in total. The molecule has 0 spiro atoms. The lowest BCUT2D eigenvalue weighted by atomic mass is 9.93. The van der Waals surface area contributed by atoms with Crippen LogP contribution in [0.1, 0.15) is 46.1 Å². The standard InChI is InChI=1S/C19H32N2/c1-16(2)13-18-14-21(19(3,4)15-20-18)12-8-11-17-9-6-5-7-10-17/h5-7,9-10,16,18,20H,8,11-15H2,1-4H3.